The maximum Gasteiger partial charge on any atom is 0.123 e. The fraction of sp³-hybridized carbons (Fsp3) is 0.267. The number of pyridine rings is 1. The van der Waals surface area contributed by atoms with Crippen LogP contribution in [0.4, 0.5) is 4.39 Å². The van der Waals surface area contributed by atoms with E-state index in [2.05, 4.69) is 4.98 Å². The molecule has 0 bridgehead atoms. The summed E-state index contributed by atoms with van der Waals surface area (Å²) in [6.07, 6.45) is 0.488. The Bertz CT molecular complexity index is 599. The van der Waals surface area contributed by atoms with Gasteiger partial charge in [-0.3, -0.25) is 4.98 Å². The summed E-state index contributed by atoms with van der Waals surface area (Å²) in [6, 6.07) is 7.98. The van der Waals surface area contributed by atoms with Gasteiger partial charge in [0.1, 0.15) is 5.82 Å². The summed E-state index contributed by atoms with van der Waals surface area (Å²) in [5, 5.41) is 0.537. The van der Waals surface area contributed by atoms with E-state index in [9.17, 15) is 4.39 Å². The lowest BCUT2D eigenvalue weighted by atomic mass is 9.98. The highest BCUT2D eigenvalue weighted by molar-refractivity contribution is 6.31. The van der Waals surface area contributed by atoms with Crippen molar-refractivity contribution >= 4 is 11.6 Å². The first kappa shape index (κ1) is 14.0. The molecular weight excluding hydrogens is 263 g/mol. The number of benzene rings is 1. The Kier molecular flexibility index (Phi) is 4.17. The molecule has 1 unspecified atom stereocenters. The summed E-state index contributed by atoms with van der Waals surface area (Å²) in [5.74, 6) is -0.301. The largest absolute Gasteiger partial charge is 0.324 e. The second-order valence-corrected chi connectivity index (χ2v) is 5.08. The van der Waals surface area contributed by atoms with Gasteiger partial charge >= 0.3 is 0 Å². The fourth-order valence-corrected chi connectivity index (χ4v) is 2.33. The van der Waals surface area contributed by atoms with Gasteiger partial charge in [0.15, 0.2) is 0 Å². The van der Waals surface area contributed by atoms with Crippen molar-refractivity contribution < 1.29 is 4.39 Å². The third-order valence-electron chi connectivity index (χ3n) is 3.11. The van der Waals surface area contributed by atoms with Gasteiger partial charge in [-0.05, 0) is 55.7 Å². The summed E-state index contributed by atoms with van der Waals surface area (Å²) < 4.78 is 13.2. The molecule has 0 saturated heterocycles. The molecule has 0 aliphatic heterocycles. The van der Waals surface area contributed by atoms with Crippen LogP contribution < -0.4 is 5.73 Å². The molecule has 1 heterocycles. The summed E-state index contributed by atoms with van der Waals surface area (Å²) in [6.45, 7) is 3.86. The Morgan fingerprint density at radius 1 is 1.26 bits per heavy atom. The normalized spacial score (nSPS) is 12.5. The molecule has 2 N–H and O–H groups in total. The molecule has 0 fully saturated rings. The van der Waals surface area contributed by atoms with Crippen LogP contribution in [0.1, 0.15) is 28.6 Å². The zero-order chi connectivity index (χ0) is 14.0. The van der Waals surface area contributed by atoms with E-state index in [0.29, 0.717) is 17.0 Å². The van der Waals surface area contributed by atoms with Crippen LogP contribution in [0.5, 0.6) is 0 Å². The fourth-order valence-electron chi connectivity index (χ4n) is 2.14. The number of hydrogen-bond acceptors (Lipinski definition) is 2. The summed E-state index contributed by atoms with van der Waals surface area (Å²) in [7, 11) is 0. The summed E-state index contributed by atoms with van der Waals surface area (Å²) in [4.78, 5) is 4.39. The lowest BCUT2D eigenvalue weighted by Gasteiger charge is -2.15. The van der Waals surface area contributed by atoms with Gasteiger partial charge in [-0.15, -0.1) is 0 Å². The van der Waals surface area contributed by atoms with Gasteiger partial charge < -0.3 is 5.73 Å². The van der Waals surface area contributed by atoms with Crippen molar-refractivity contribution in [3.8, 4) is 0 Å². The molecule has 2 nitrogen and oxygen atoms in total. The minimum atomic E-state index is -0.301. The number of nitrogens with two attached hydrogens (primary N) is 1. The summed E-state index contributed by atoms with van der Waals surface area (Å²) in [5.41, 5.74) is 9.71. The van der Waals surface area contributed by atoms with E-state index in [4.69, 9.17) is 17.3 Å². The van der Waals surface area contributed by atoms with Crippen LogP contribution in [0.15, 0.2) is 30.3 Å². The van der Waals surface area contributed by atoms with Gasteiger partial charge in [0.2, 0.25) is 0 Å². The second-order valence-electron chi connectivity index (χ2n) is 4.67. The molecule has 0 saturated carbocycles. The number of hydrogen-bond donors (Lipinski definition) is 1. The zero-order valence-corrected chi connectivity index (χ0v) is 11.7. The third kappa shape index (κ3) is 3.31. The Morgan fingerprint density at radius 3 is 2.68 bits per heavy atom. The van der Waals surface area contributed by atoms with Gasteiger partial charge in [0, 0.05) is 22.5 Å². The molecule has 0 aliphatic rings. The molecule has 0 aliphatic carbocycles. The Balaban J connectivity index is 2.25. The van der Waals surface area contributed by atoms with Gasteiger partial charge in [0.25, 0.3) is 0 Å². The molecule has 100 valence electrons. The van der Waals surface area contributed by atoms with Crippen LogP contribution in [0, 0.1) is 19.7 Å². The van der Waals surface area contributed by atoms with Crippen LogP contribution in [0.3, 0.4) is 0 Å². The van der Waals surface area contributed by atoms with Crippen molar-refractivity contribution in [3.63, 3.8) is 0 Å². The van der Waals surface area contributed by atoms with Crippen LogP contribution in [-0.4, -0.2) is 4.98 Å². The maximum absolute atomic E-state index is 13.2. The molecule has 0 spiro atoms. The maximum atomic E-state index is 13.2. The van der Waals surface area contributed by atoms with E-state index in [0.717, 1.165) is 17.0 Å². The standard InChI is InChI=1S/C15H16ClFN2/c1-9-3-5-13(10(2)19-9)15(18)8-11-7-12(17)4-6-14(11)16/h3-7,15H,8,18H2,1-2H3. The Morgan fingerprint density at radius 2 is 2.00 bits per heavy atom. The van der Waals surface area contributed by atoms with E-state index >= 15 is 0 Å². The van der Waals surface area contributed by atoms with Gasteiger partial charge in [0.05, 0.1) is 0 Å². The van der Waals surface area contributed by atoms with E-state index in [1.165, 1.54) is 12.1 Å². The monoisotopic (exact) mass is 278 g/mol. The van der Waals surface area contributed by atoms with E-state index in [1.807, 2.05) is 26.0 Å². The van der Waals surface area contributed by atoms with Gasteiger partial charge in [-0.25, -0.2) is 4.39 Å². The molecule has 19 heavy (non-hydrogen) atoms. The third-order valence-corrected chi connectivity index (χ3v) is 3.48. The number of aryl methyl sites for hydroxylation is 2. The van der Waals surface area contributed by atoms with Crippen molar-refractivity contribution in [2.24, 2.45) is 5.73 Å². The molecule has 2 rings (SSSR count). The highest BCUT2D eigenvalue weighted by atomic mass is 35.5. The quantitative estimate of drug-likeness (QED) is 0.929. The van der Waals surface area contributed by atoms with Crippen LogP contribution in [-0.2, 0) is 6.42 Å². The van der Waals surface area contributed by atoms with Crippen molar-refractivity contribution in [1.29, 1.82) is 0 Å². The molecule has 1 aromatic heterocycles. The molecule has 1 atom stereocenters. The number of aromatic nitrogens is 1. The van der Waals surface area contributed by atoms with Gasteiger partial charge in [-0.1, -0.05) is 17.7 Å². The van der Waals surface area contributed by atoms with Crippen molar-refractivity contribution in [2.75, 3.05) is 0 Å². The SMILES string of the molecule is Cc1ccc(C(N)Cc2cc(F)ccc2Cl)c(C)n1. The molecule has 1 aromatic carbocycles. The molecular formula is C15H16ClFN2. The van der Waals surface area contributed by atoms with Crippen molar-refractivity contribution in [1.82, 2.24) is 4.98 Å². The number of nitrogens with zero attached hydrogens (tertiary/aromatic N) is 1. The van der Waals surface area contributed by atoms with Crippen LogP contribution in [0.2, 0.25) is 5.02 Å². The molecule has 0 amide bonds. The Labute approximate surface area is 117 Å². The highest BCUT2D eigenvalue weighted by Gasteiger charge is 2.13. The molecule has 4 heteroatoms. The molecule has 0 radical (unpaired) electrons. The topological polar surface area (TPSA) is 38.9 Å². The van der Waals surface area contributed by atoms with Crippen molar-refractivity contribution in [2.45, 2.75) is 26.3 Å². The average molecular weight is 279 g/mol. The van der Waals surface area contributed by atoms with E-state index in [1.54, 1.807) is 6.07 Å². The van der Waals surface area contributed by atoms with Gasteiger partial charge in [-0.2, -0.15) is 0 Å². The first-order chi connectivity index (χ1) is 8.97. The highest BCUT2D eigenvalue weighted by Crippen LogP contribution is 2.24. The lowest BCUT2D eigenvalue weighted by Crippen LogP contribution is -2.16. The predicted molar refractivity (Wildman–Crippen MR) is 75.8 cm³/mol. The predicted octanol–water partition coefficient (Wildman–Crippen LogP) is 3.73. The Hall–Kier alpha value is -1.45. The first-order valence-corrected chi connectivity index (χ1v) is 6.49. The smallest absolute Gasteiger partial charge is 0.123 e. The van der Waals surface area contributed by atoms with Crippen molar-refractivity contribution in [3.05, 3.63) is 63.7 Å². The first-order valence-electron chi connectivity index (χ1n) is 6.11. The van der Waals surface area contributed by atoms with E-state index < -0.39 is 0 Å². The molecule has 2 aromatic rings. The number of rotatable bonds is 3. The van der Waals surface area contributed by atoms with Crippen LogP contribution in [0.25, 0.3) is 0 Å². The zero-order valence-electron chi connectivity index (χ0n) is 11.0. The average Bonchev–Trinajstić information content (AvgIpc) is 2.33. The second kappa shape index (κ2) is 5.68. The summed E-state index contributed by atoms with van der Waals surface area (Å²) >= 11 is 6.05. The minimum absolute atomic E-state index is 0.243. The minimum Gasteiger partial charge on any atom is -0.324 e. The number of halogens is 2. The lowest BCUT2D eigenvalue weighted by molar-refractivity contribution is 0.621. The van der Waals surface area contributed by atoms with Crippen LogP contribution >= 0.6 is 11.6 Å². The van der Waals surface area contributed by atoms with E-state index in [-0.39, 0.29) is 11.9 Å².